The van der Waals surface area contributed by atoms with Gasteiger partial charge in [0, 0.05) is 33.2 Å². The zero-order valence-corrected chi connectivity index (χ0v) is 10.5. The zero-order valence-electron chi connectivity index (χ0n) is 10.5. The molecule has 0 saturated carbocycles. The Morgan fingerprint density at radius 2 is 2.33 bits per heavy atom. The molecule has 0 bridgehead atoms. The summed E-state index contributed by atoms with van der Waals surface area (Å²) in [5, 5.41) is 3.17. The van der Waals surface area contributed by atoms with E-state index in [1.54, 1.807) is 26.6 Å². The van der Waals surface area contributed by atoms with Gasteiger partial charge in [0.25, 0.3) is 0 Å². The summed E-state index contributed by atoms with van der Waals surface area (Å²) in [4.78, 5) is 8.45. The Bertz CT molecular complexity index is 513. The summed E-state index contributed by atoms with van der Waals surface area (Å²) < 4.78 is 12.1. The molecule has 7 nitrogen and oxygen atoms in total. The van der Waals surface area contributed by atoms with Crippen LogP contribution in [0.2, 0.25) is 0 Å². The fraction of sp³-hybridized carbons (Fsp3) is 0.455. The van der Waals surface area contributed by atoms with Crippen LogP contribution in [0.5, 0.6) is 0 Å². The Balaban J connectivity index is 2.13. The Kier molecular flexibility index (Phi) is 3.96. The van der Waals surface area contributed by atoms with Crippen LogP contribution in [-0.4, -0.2) is 47.8 Å². The highest BCUT2D eigenvalue weighted by atomic mass is 16.5. The molecule has 0 radical (unpaired) electrons. The van der Waals surface area contributed by atoms with Gasteiger partial charge in [0.1, 0.15) is 5.82 Å². The average molecular weight is 251 g/mol. The lowest BCUT2D eigenvalue weighted by atomic mass is 10.3. The summed E-state index contributed by atoms with van der Waals surface area (Å²) >= 11 is 0. The third-order valence-corrected chi connectivity index (χ3v) is 2.58. The van der Waals surface area contributed by atoms with Gasteiger partial charge in [-0.3, -0.25) is 0 Å². The monoisotopic (exact) mass is 251 g/mol. The topological polar surface area (TPSA) is 86.7 Å². The predicted octanol–water partition coefficient (Wildman–Crippen LogP) is 0.385. The van der Waals surface area contributed by atoms with Gasteiger partial charge in [0.05, 0.1) is 18.9 Å². The van der Waals surface area contributed by atoms with Gasteiger partial charge in [-0.15, -0.1) is 0 Å². The van der Waals surface area contributed by atoms with Gasteiger partial charge in [0.2, 0.25) is 0 Å². The molecule has 2 aromatic heterocycles. The second kappa shape index (κ2) is 5.65. The van der Waals surface area contributed by atoms with Crippen LogP contribution in [-0.2, 0) is 9.47 Å². The van der Waals surface area contributed by atoms with Crippen molar-refractivity contribution in [1.29, 1.82) is 0 Å². The number of methoxy groups -OCH3 is 2. The minimum Gasteiger partial charge on any atom is -0.382 e. The number of nitrogen functional groups attached to an aromatic ring is 1. The quantitative estimate of drug-likeness (QED) is 0.772. The SMILES string of the molecule is COCC(CNc1nc(N)cn2ccnc12)OC. The van der Waals surface area contributed by atoms with Crippen molar-refractivity contribution in [2.45, 2.75) is 6.10 Å². The molecular weight excluding hydrogens is 234 g/mol. The fourth-order valence-electron chi connectivity index (χ4n) is 1.68. The van der Waals surface area contributed by atoms with Crippen molar-refractivity contribution in [3.8, 4) is 0 Å². The molecule has 2 rings (SSSR count). The van der Waals surface area contributed by atoms with Gasteiger partial charge >= 0.3 is 0 Å². The number of rotatable bonds is 6. The number of hydrogen-bond donors (Lipinski definition) is 2. The maximum Gasteiger partial charge on any atom is 0.180 e. The average Bonchev–Trinajstić information content (AvgIpc) is 2.82. The molecule has 18 heavy (non-hydrogen) atoms. The van der Waals surface area contributed by atoms with Crippen molar-refractivity contribution in [2.75, 3.05) is 38.4 Å². The summed E-state index contributed by atoms with van der Waals surface area (Å²) in [7, 11) is 3.28. The molecule has 0 saturated heterocycles. The van der Waals surface area contributed by atoms with Gasteiger partial charge < -0.3 is 24.9 Å². The summed E-state index contributed by atoms with van der Waals surface area (Å²) in [5.74, 6) is 1.07. The molecule has 3 N–H and O–H groups in total. The van der Waals surface area contributed by atoms with E-state index < -0.39 is 0 Å². The van der Waals surface area contributed by atoms with Crippen LogP contribution in [0, 0.1) is 0 Å². The lowest BCUT2D eigenvalue weighted by Gasteiger charge is -2.15. The molecule has 0 aromatic carbocycles. The van der Waals surface area contributed by atoms with Gasteiger partial charge in [-0.1, -0.05) is 0 Å². The highest BCUT2D eigenvalue weighted by molar-refractivity contribution is 5.64. The Labute approximate surface area is 105 Å². The molecule has 0 aliphatic carbocycles. The van der Waals surface area contributed by atoms with Crippen molar-refractivity contribution in [2.24, 2.45) is 0 Å². The second-order valence-corrected chi connectivity index (χ2v) is 3.87. The van der Waals surface area contributed by atoms with Crippen LogP contribution in [0.25, 0.3) is 5.65 Å². The lowest BCUT2D eigenvalue weighted by Crippen LogP contribution is -2.27. The van der Waals surface area contributed by atoms with Crippen molar-refractivity contribution in [3.63, 3.8) is 0 Å². The number of anilines is 2. The van der Waals surface area contributed by atoms with E-state index in [1.165, 1.54) is 0 Å². The number of nitrogens with two attached hydrogens (primary N) is 1. The largest absolute Gasteiger partial charge is 0.382 e. The van der Waals surface area contributed by atoms with Crippen LogP contribution in [0.4, 0.5) is 11.6 Å². The molecule has 2 aromatic rings. The van der Waals surface area contributed by atoms with Crippen LogP contribution < -0.4 is 11.1 Å². The number of fused-ring (bicyclic) bond motifs is 1. The Morgan fingerprint density at radius 1 is 1.50 bits per heavy atom. The molecule has 1 atom stereocenters. The molecule has 98 valence electrons. The first-order chi connectivity index (χ1) is 8.74. The minimum absolute atomic E-state index is 0.0479. The van der Waals surface area contributed by atoms with E-state index in [9.17, 15) is 0 Å². The summed E-state index contributed by atoms with van der Waals surface area (Å²) in [6.45, 7) is 1.08. The molecule has 0 spiro atoms. The second-order valence-electron chi connectivity index (χ2n) is 3.87. The van der Waals surface area contributed by atoms with Gasteiger partial charge in [-0.2, -0.15) is 0 Å². The number of hydrogen-bond acceptors (Lipinski definition) is 6. The van der Waals surface area contributed by atoms with Crippen molar-refractivity contribution >= 4 is 17.3 Å². The van der Waals surface area contributed by atoms with Crippen LogP contribution in [0.15, 0.2) is 18.6 Å². The zero-order chi connectivity index (χ0) is 13.0. The lowest BCUT2D eigenvalue weighted by molar-refractivity contribution is 0.0365. The van der Waals surface area contributed by atoms with E-state index in [2.05, 4.69) is 15.3 Å². The van der Waals surface area contributed by atoms with Gasteiger partial charge in [0.15, 0.2) is 11.5 Å². The summed E-state index contributed by atoms with van der Waals surface area (Å²) in [5.41, 5.74) is 6.46. The van der Waals surface area contributed by atoms with Crippen LogP contribution in [0.3, 0.4) is 0 Å². The number of nitrogens with one attached hydrogen (secondary N) is 1. The third-order valence-electron chi connectivity index (χ3n) is 2.58. The first-order valence-electron chi connectivity index (χ1n) is 5.59. The smallest absolute Gasteiger partial charge is 0.180 e. The highest BCUT2D eigenvalue weighted by Crippen LogP contribution is 2.14. The number of aromatic nitrogens is 3. The van der Waals surface area contributed by atoms with E-state index in [-0.39, 0.29) is 6.10 Å². The molecule has 1 unspecified atom stereocenters. The van der Waals surface area contributed by atoms with Crippen molar-refractivity contribution in [3.05, 3.63) is 18.6 Å². The van der Waals surface area contributed by atoms with Crippen LogP contribution >= 0.6 is 0 Å². The summed E-state index contributed by atoms with van der Waals surface area (Å²) in [6, 6.07) is 0. The van der Waals surface area contributed by atoms with E-state index in [4.69, 9.17) is 15.2 Å². The fourth-order valence-corrected chi connectivity index (χ4v) is 1.68. The van der Waals surface area contributed by atoms with Gasteiger partial charge in [-0.05, 0) is 0 Å². The maximum atomic E-state index is 5.73. The van der Waals surface area contributed by atoms with Crippen molar-refractivity contribution < 1.29 is 9.47 Å². The van der Waals surface area contributed by atoms with Crippen LogP contribution in [0.1, 0.15) is 0 Å². The van der Waals surface area contributed by atoms with E-state index in [0.29, 0.717) is 24.8 Å². The number of nitrogens with zero attached hydrogens (tertiary/aromatic N) is 3. The number of imidazole rings is 1. The standard InChI is InChI=1S/C11H17N5O2/c1-17-7-8(18-2)5-14-10-11-13-3-4-16(11)6-9(12)15-10/h3-4,6,8H,5,7,12H2,1-2H3,(H,14,15). The predicted molar refractivity (Wildman–Crippen MR) is 68.6 cm³/mol. The van der Waals surface area contributed by atoms with Crippen molar-refractivity contribution in [1.82, 2.24) is 14.4 Å². The van der Waals surface area contributed by atoms with E-state index in [1.807, 2.05) is 10.6 Å². The minimum atomic E-state index is -0.0479. The molecule has 0 fully saturated rings. The Hall–Kier alpha value is -1.86. The molecular formula is C11H17N5O2. The molecule has 0 amide bonds. The third kappa shape index (κ3) is 2.69. The van der Waals surface area contributed by atoms with E-state index in [0.717, 1.165) is 5.65 Å². The first kappa shape index (κ1) is 12.6. The number of ether oxygens (including phenoxy) is 2. The van der Waals surface area contributed by atoms with E-state index >= 15 is 0 Å². The Morgan fingerprint density at radius 3 is 3.06 bits per heavy atom. The highest BCUT2D eigenvalue weighted by Gasteiger charge is 2.10. The molecule has 2 heterocycles. The normalized spacial score (nSPS) is 12.8. The summed E-state index contributed by atoms with van der Waals surface area (Å²) in [6.07, 6.45) is 5.19. The van der Waals surface area contributed by atoms with Gasteiger partial charge in [-0.25, -0.2) is 9.97 Å². The maximum absolute atomic E-state index is 5.73. The molecule has 7 heteroatoms. The molecule has 0 aliphatic heterocycles. The first-order valence-corrected chi connectivity index (χ1v) is 5.59. The molecule has 0 aliphatic rings.